The minimum Gasteiger partial charge on any atom is -0.493 e. The molecule has 0 aliphatic heterocycles. The average Bonchev–Trinajstić information content (AvgIpc) is 2.92. The largest absolute Gasteiger partial charge is 0.493 e. The summed E-state index contributed by atoms with van der Waals surface area (Å²) in [5, 5.41) is 4.22. The molecule has 2 aromatic heterocycles. The van der Waals surface area contributed by atoms with E-state index < -0.39 is 0 Å². The van der Waals surface area contributed by atoms with Gasteiger partial charge in [0.1, 0.15) is 0 Å². The predicted molar refractivity (Wildman–Crippen MR) is 142 cm³/mol. The second-order valence-electron chi connectivity index (χ2n) is 8.49. The zero-order valence-electron chi connectivity index (χ0n) is 20.9. The van der Waals surface area contributed by atoms with Gasteiger partial charge in [0, 0.05) is 36.0 Å². The summed E-state index contributed by atoms with van der Waals surface area (Å²) in [5.74, 6) is 2.79. The van der Waals surface area contributed by atoms with Gasteiger partial charge in [-0.3, -0.25) is 9.97 Å². The molecule has 0 spiro atoms. The molecule has 2 heterocycles. The Balaban J connectivity index is 1.54. The van der Waals surface area contributed by atoms with Gasteiger partial charge in [-0.2, -0.15) is 0 Å². The van der Waals surface area contributed by atoms with Crippen molar-refractivity contribution in [2.24, 2.45) is 0 Å². The quantitative estimate of drug-likeness (QED) is 0.271. The Hall–Kier alpha value is -4.32. The molecule has 0 saturated heterocycles. The topological polar surface area (TPSA) is 62.7 Å². The van der Waals surface area contributed by atoms with Gasteiger partial charge in [0.15, 0.2) is 23.0 Å². The molecule has 0 N–H and O–H groups in total. The van der Waals surface area contributed by atoms with Crippen molar-refractivity contribution >= 4 is 21.5 Å². The van der Waals surface area contributed by atoms with Crippen LogP contribution in [0.25, 0.3) is 21.5 Å². The summed E-state index contributed by atoms with van der Waals surface area (Å²) < 4.78 is 22.1. The van der Waals surface area contributed by atoms with E-state index in [-0.39, 0.29) is 0 Å². The minimum absolute atomic E-state index is 0.685. The number of fused-ring (bicyclic) bond motifs is 2. The van der Waals surface area contributed by atoms with E-state index in [4.69, 9.17) is 28.9 Å². The number of hydrogen-bond acceptors (Lipinski definition) is 6. The second kappa shape index (κ2) is 10.1. The summed E-state index contributed by atoms with van der Waals surface area (Å²) in [6, 6.07) is 20.4. The number of rotatable bonds is 8. The molecule has 6 heteroatoms. The van der Waals surface area contributed by atoms with Gasteiger partial charge in [-0.25, -0.2) is 0 Å². The van der Waals surface area contributed by atoms with Crippen LogP contribution in [0.4, 0.5) is 0 Å². The Morgan fingerprint density at radius 1 is 0.528 bits per heavy atom. The lowest BCUT2D eigenvalue weighted by Crippen LogP contribution is -2.02. The molecule has 36 heavy (non-hydrogen) atoms. The average molecular weight is 481 g/mol. The van der Waals surface area contributed by atoms with Crippen LogP contribution in [0.15, 0.2) is 73.1 Å². The second-order valence-corrected chi connectivity index (χ2v) is 8.49. The van der Waals surface area contributed by atoms with Crippen molar-refractivity contribution in [2.75, 3.05) is 28.4 Å². The monoisotopic (exact) mass is 480 g/mol. The normalized spacial score (nSPS) is 11.0. The molecule has 0 bridgehead atoms. The van der Waals surface area contributed by atoms with Crippen LogP contribution in [0.2, 0.25) is 0 Å². The van der Waals surface area contributed by atoms with Gasteiger partial charge in [-0.1, -0.05) is 24.3 Å². The van der Waals surface area contributed by atoms with Crippen LogP contribution in [0, 0.1) is 0 Å². The van der Waals surface area contributed by atoms with Crippen molar-refractivity contribution in [3.8, 4) is 23.0 Å². The lowest BCUT2D eigenvalue weighted by atomic mass is 9.95. The first-order valence-corrected chi connectivity index (χ1v) is 11.7. The molecule has 0 saturated carbocycles. The molecule has 5 rings (SSSR count). The number of benzene rings is 3. The summed E-state index contributed by atoms with van der Waals surface area (Å²) in [6.07, 6.45) is 5.06. The fraction of sp³-hybridized carbons (Fsp3) is 0.200. The highest BCUT2D eigenvalue weighted by Crippen LogP contribution is 2.35. The van der Waals surface area contributed by atoms with E-state index in [0.717, 1.165) is 32.9 Å². The SMILES string of the molecule is COc1cc2ccnc(Cc3ccccc3Cc3nccc4cc(OC)c(OC)cc34)c2cc1OC. The van der Waals surface area contributed by atoms with Gasteiger partial charge >= 0.3 is 0 Å². The van der Waals surface area contributed by atoms with Crippen LogP contribution in [0.3, 0.4) is 0 Å². The molecule has 5 aromatic rings. The van der Waals surface area contributed by atoms with Gasteiger partial charge in [0.25, 0.3) is 0 Å². The zero-order chi connectivity index (χ0) is 25.1. The molecular formula is C30H28N2O4. The number of aromatic nitrogens is 2. The fourth-order valence-corrected chi connectivity index (χ4v) is 4.66. The van der Waals surface area contributed by atoms with Gasteiger partial charge in [0.2, 0.25) is 0 Å². The van der Waals surface area contributed by atoms with Crippen molar-refractivity contribution in [3.05, 3.63) is 95.6 Å². The summed E-state index contributed by atoms with van der Waals surface area (Å²) in [6.45, 7) is 0. The molecule has 3 aromatic carbocycles. The lowest BCUT2D eigenvalue weighted by molar-refractivity contribution is 0.356. The molecule has 0 aliphatic rings. The summed E-state index contributed by atoms with van der Waals surface area (Å²) in [4.78, 5) is 9.46. The Bertz CT molecular complexity index is 1430. The molecule has 0 unspecified atom stereocenters. The first-order valence-electron chi connectivity index (χ1n) is 11.7. The Morgan fingerprint density at radius 3 is 1.31 bits per heavy atom. The fourth-order valence-electron chi connectivity index (χ4n) is 4.66. The highest BCUT2D eigenvalue weighted by Gasteiger charge is 2.14. The molecule has 0 fully saturated rings. The van der Waals surface area contributed by atoms with Crippen molar-refractivity contribution in [1.82, 2.24) is 9.97 Å². The van der Waals surface area contributed by atoms with Gasteiger partial charge < -0.3 is 18.9 Å². The number of pyridine rings is 2. The van der Waals surface area contributed by atoms with E-state index in [1.54, 1.807) is 28.4 Å². The molecule has 0 atom stereocenters. The third-order valence-corrected chi connectivity index (χ3v) is 6.54. The van der Waals surface area contributed by atoms with Gasteiger partial charge in [0.05, 0.1) is 39.8 Å². The van der Waals surface area contributed by atoms with E-state index >= 15 is 0 Å². The molecular weight excluding hydrogens is 452 g/mol. The van der Waals surface area contributed by atoms with Crippen LogP contribution in [-0.2, 0) is 12.8 Å². The van der Waals surface area contributed by atoms with E-state index in [1.807, 2.05) is 48.8 Å². The van der Waals surface area contributed by atoms with Crippen LogP contribution < -0.4 is 18.9 Å². The van der Waals surface area contributed by atoms with E-state index in [2.05, 4.69) is 24.3 Å². The smallest absolute Gasteiger partial charge is 0.161 e. The lowest BCUT2D eigenvalue weighted by Gasteiger charge is -2.14. The van der Waals surface area contributed by atoms with Crippen molar-refractivity contribution < 1.29 is 18.9 Å². The molecule has 0 radical (unpaired) electrons. The van der Waals surface area contributed by atoms with Gasteiger partial charge in [-0.15, -0.1) is 0 Å². The van der Waals surface area contributed by atoms with Crippen LogP contribution in [0.5, 0.6) is 23.0 Å². The maximum atomic E-state index is 5.55. The van der Waals surface area contributed by atoms with E-state index in [1.165, 1.54) is 11.1 Å². The first kappa shape index (κ1) is 23.4. The third-order valence-electron chi connectivity index (χ3n) is 6.54. The molecule has 0 amide bonds. The number of methoxy groups -OCH3 is 4. The summed E-state index contributed by atoms with van der Waals surface area (Å²) >= 11 is 0. The Kier molecular flexibility index (Phi) is 6.58. The maximum Gasteiger partial charge on any atom is 0.161 e. The number of nitrogens with zero attached hydrogens (tertiary/aromatic N) is 2. The first-order chi connectivity index (χ1) is 17.6. The molecule has 0 aliphatic carbocycles. The highest BCUT2D eigenvalue weighted by atomic mass is 16.5. The van der Waals surface area contributed by atoms with Crippen LogP contribution in [-0.4, -0.2) is 38.4 Å². The number of ether oxygens (including phenoxy) is 4. The van der Waals surface area contributed by atoms with Crippen LogP contribution >= 0.6 is 0 Å². The van der Waals surface area contributed by atoms with Crippen molar-refractivity contribution in [2.45, 2.75) is 12.8 Å². The van der Waals surface area contributed by atoms with E-state index in [0.29, 0.717) is 35.8 Å². The minimum atomic E-state index is 0.685. The van der Waals surface area contributed by atoms with Gasteiger partial charge in [-0.05, 0) is 58.3 Å². The van der Waals surface area contributed by atoms with E-state index in [9.17, 15) is 0 Å². The molecule has 182 valence electrons. The zero-order valence-corrected chi connectivity index (χ0v) is 20.9. The summed E-state index contributed by atoms with van der Waals surface area (Å²) in [5.41, 5.74) is 4.37. The predicted octanol–water partition coefficient (Wildman–Crippen LogP) is 6.00. The highest BCUT2D eigenvalue weighted by molar-refractivity contribution is 5.89. The Morgan fingerprint density at radius 2 is 0.917 bits per heavy atom. The third kappa shape index (κ3) is 4.38. The Labute approximate surface area is 210 Å². The van der Waals surface area contributed by atoms with Crippen LogP contribution in [0.1, 0.15) is 22.5 Å². The summed E-state index contributed by atoms with van der Waals surface area (Å²) in [7, 11) is 6.59. The van der Waals surface area contributed by atoms with Crippen molar-refractivity contribution in [3.63, 3.8) is 0 Å². The maximum absolute atomic E-state index is 5.55. The number of hydrogen-bond donors (Lipinski definition) is 0. The standard InChI is InChI=1S/C30H28N2O4/c1-33-27-15-21-9-11-31-25(23(21)17-29(27)35-3)13-19-7-5-6-8-20(19)14-26-24-18-30(36-4)28(34-2)16-22(24)10-12-32-26/h5-12,15-18H,13-14H2,1-4H3. The van der Waals surface area contributed by atoms with Crippen molar-refractivity contribution in [1.29, 1.82) is 0 Å². The molecule has 6 nitrogen and oxygen atoms in total.